The molecule has 22 heavy (non-hydrogen) atoms. The van der Waals surface area contributed by atoms with Gasteiger partial charge in [-0.05, 0) is 43.1 Å². The van der Waals surface area contributed by atoms with Gasteiger partial charge in [0.25, 0.3) is 0 Å². The van der Waals surface area contributed by atoms with E-state index in [2.05, 4.69) is 5.32 Å². The van der Waals surface area contributed by atoms with E-state index < -0.39 is 10.0 Å². The van der Waals surface area contributed by atoms with Crippen LogP contribution in [0.2, 0.25) is 0 Å². The molecule has 1 amide bonds. The molecule has 124 valence electrons. The molecule has 1 heterocycles. The van der Waals surface area contributed by atoms with Crippen LogP contribution in [0.5, 0.6) is 0 Å². The number of benzene rings is 1. The molecule has 1 unspecified atom stereocenters. The molecule has 1 fully saturated rings. The normalized spacial score (nSPS) is 18.7. The number of halogens is 1. The third-order valence-electron chi connectivity index (χ3n) is 3.68. The van der Waals surface area contributed by atoms with Gasteiger partial charge in [-0.15, -0.1) is 12.4 Å². The molecule has 0 aliphatic carbocycles. The molecule has 0 saturated carbocycles. The van der Waals surface area contributed by atoms with Crippen LogP contribution in [0.3, 0.4) is 0 Å². The highest BCUT2D eigenvalue weighted by Crippen LogP contribution is 2.24. The summed E-state index contributed by atoms with van der Waals surface area (Å²) in [5, 5.41) is 2.69. The minimum atomic E-state index is -3.47. The number of nitrogens with zero attached hydrogens (tertiary/aromatic N) is 1. The molecule has 1 saturated heterocycles. The zero-order chi connectivity index (χ0) is 15.5. The topological polar surface area (TPSA) is 92.5 Å². The Kier molecular flexibility index (Phi) is 6.80. The van der Waals surface area contributed by atoms with Gasteiger partial charge >= 0.3 is 0 Å². The molecule has 0 aromatic heterocycles. The Morgan fingerprint density at radius 3 is 2.50 bits per heavy atom. The quantitative estimate of drug-likeness (QED) is 0.842. The predicted molar refractivity (Wildman–Crippen MR) is 88.5 cm³/mol. The standard InChI is InChI=1S/C14H21N3O3S.ClH/c1-2-14(18)16-12-3-5-13(6-4-12)21(19,20)17-8-7-11(9-15)10-17;/h3-6,11H,2,7-10,15H2,1H3,(H,16,18);1H. The maximum atomic E-state index is 12.5. The van der Waals surface area contributed by atoms with Crippen LogP contribution in [-0.4, -0.2) is 38.3 Å². The van der Waals surface area contributed by atoms with E-state index in [-0.39, 0.29) is 29.1 Å². The fraction of sp³-hybridized carbons (Fsp3) is 0.500. The van der Waals surface area contributed by atoms with Crippen LogP contribution in [-0.2, 0) is 14.8 Å². The Labute approximate surface area is 137 Å². The summed E-state index contributed by atoms with van der Waals surface area (Å²) < 4.78 is 26.4. The molecule has 1 atom stereocenters. The molecule has 0 bridgehead atoms. The minimum absolute atomic E-state index is 0. The van der Waals surface area contributed by atoms with E-state index in [9.17, 15) is 13.2 Å². The molecule has 8 heteroatoms. The van der Waals surface area contributed by atoms with E-state index in [4.69, 9.17) is 5.73 Å². The smallest absolute Gasteiger partial charge is 0.243 e. The monoisotopic (exact) mass is 347 g/mol. The lowest BCUT2D eigenvalue weighted by molar-refractivity contribution is -0.115. The number of carbonyl (C=O) groups excluding carboxylic acids is 1. The van der Waals surface area contributed by atoms with Crippen LogP contribution < -0.4 is 11.1 Å². The number of carbonyl (C=O) groups is 1. The Hall–Kier alpha value is -1.15. The summed E-state index contributed by atoms with van der Waals surface area (Å²) in [5.41, 5.74) is 6.19. The summed E-state index contributed by atoms with van der Waals surface area (Å²) in [4.78, 5) is 11.5. The summed E-state index contributed by atoms with van der Waals surface area (Å²) in [5.74, 6) is 0.138. The largest absolute Gasteiger partial charge is 0.330 e. The highest BCUT2D eigenvalue weighted by Gasteiger charge is 2.31. The number of anilines is 1. The van der Waals surface area contributed by atoms with Gasteiger partial charge in [0.1, 0.15) is 0 Å². The number of hydrogen-bond donors (Lipinski definition) is 2. The lowest BCUT2D eigenvalue weighted by Crippen LogP contribution is -2.30. The van der Waals surface area contributed by atoms with E-state index in [0.717, 1.165) is 6.42 Å². The van der Waals surface area contributed by atoms with Gasteiger partial charge in [0, 0.05) is 25.2 Å². The van der Waals surface area contributed by atoms with Crippen molar-refractivity contribution in [3.8, 4) is 0 Å². The first-order valence-electron chi connectivity index (χ1n) is 7.07. The number of amides is 1. The fourth-order valence-corrected chi connectivity index (χ4v) is 3.85. The van der Waals surface area contributed by atoms with E-state index in [0.29, 0.717) is 31.7 Å². The van der Waals surface area contributed by atoms with Crippen molar-refractivity contribution in [2.75, 3.05) is 25.0 Å². The first-order chi connectivity index (χ1) is 9.97. The van der Waals surface area contributed by atoms with Gasteiger partial charge in [-0.1, -0.05) is 6.92 Å². The van der Waals surface area contributed by atoms with Crippen molar-refractivity contribution in [2.24, 2.45) is 11.7 Å². The third-order valence-corrected chi connectivity index (χ3v) is 5.56. The number of nitrogens with one attached hydrogen (secondary N) is 1. The summed E-state index contributed by atoms with van der Waals surface area (Å²) in [7, 11) is -3.47. The van der Waals surface area contributed by atoms with E-state index >= 15 is 0 Å². The van der Waals surface area contributed by atoms with Gasteiger partial charge in [0.15, 0.2) is 0 Å². The Balaban J connectivity index is 0.00000242. The molecule has 1 aliphatic heterocycles. The number of nitrogens with two attached hydrogens (primary N) is 1. The van der Waals surface area contributed by atoms with Crippen molar-refractivity contribution < 1.29 is 13.2 Å². The maximum Gasteiger partial charge on any atom is 0.243 e. The second-order valence-corrected chi connectivity index (χ2v) is 7.12. The molecular weight excluding hydrogens is 326 g/mol. The van der Waals surface area contributed by atoms with Crippen LogP contribution in [0.4, 0.5) is 5.69 Å². The first-order valence-corrected chi connectivity index (χ1v) is 8.51. The van der Waals surface area contributed by atoms with Crippen molar-refractivity contribution in [2.45, 2.75) is 24.7 Å². The maximum absolute atomic E-state index is 12.5. The zero-order valence-electron chi connectivity index (χ0n) is 12.5. The van der Waals surface area contributed by atoms with Crippen molar-refractivity contribution >= 4 is 34.0 Å². The first kappa shape index (κ1) is 18.9. The Bertz CT molecular complexity index is 604. The highest BCUT2D eigenvalue weighted by atomic mass is 35.5. The number of hydrogen-bond acceptors (Lipinski definition) is 4. The van der Waals surface area contributed by atoms with Crippen LogP contribution in [0.25, 0.3) is 0 Å². The Morgan fingerprint density at radius 2 is 2.00 bits per heavy atom. The van der Waals surface area contributed by atoms with Crippen molar-refractivity contribution in [1.82, 2.24) is 4.31 Å². The van der Waals surface area contributed by atoms with Crippen molar-refractivity contribution in [3.05, 3.63) is 24.3 Å². The molecule has 1 aliphatic rings. The summed E-state index contributed by atoms with van der Waals surface area (Å²) in [6.07, 6.45) is 1.19. The summed E-state index contributed by atoms with van der Waals surface area (Å²) >= 11 is 0. The van der Waals surface area contributed by atoms with Gasteiger partial charge in [-0.2, -0.15) is 4.31 Å². The predicted octanol–water partition coefficient (Wildman–Crippen LogP) is 1.43. The average molecular weight is 348 g/mol. The van der Waals surface area contributed by atoms with Crippen LogP contribution in [0.15, 0.2) is 29.2 Å². The van der Waals surface area contributed by atoms with Gasteiger partial charge in [0.2, 0.25) is 15.9 Å². The van der Waals surface area contributed by atoms with Crippen LogP contribution in [0, 0.1) is 5.92 Å². The van der Waals surface area contributed by atoms with E-state index in [1.54, 1.807) is 19.1 Å². The van der Waals surface area contributed by atoms with Gasteiger partial charge in [-0.25, -0.2) is 8.42 Å². The molecule has 3 N–H and O–H groups in total. The van der Waals surface area contributed by atoms with Crippen molar-refractivity contribution in [3.63, 3.8) is 0 Å². The molecule has 2 rings (SSSR count). The summed E-state index contributed by atoms with van der Waals surface area (Å²) in [6, 6.07) is 6.26. The number of sulfonamides is 1. The van der Waals surface area contributed by atoms with Crippen LogP contribution >= 0.6 is 12.4 Å². The zero-order valence-corrected chi connectivity index (χ0v) is 14.1. The Morgan fingerprint density at radius 1 is 1.36 bits per heavy atom. The fourth-order valence-electron chi connectivity index (χ4n) is 2.32. The van der Waals surface area contributed by atoms with Gasteiger partial charge in [-0.3, -0.25) is 4.79 Å². The van der Waals surface area contributed by atoms with Crippen LogP contribution in [0.1, 0.15) is 19.8 Å². The molecule has 6 nitrogen and oxygen atoms in total. The average Bonchev–Trinajstić information content (AvgIpc) is 2.97. The van der Waals surface area contributed by atoms with Crippen molar-refractivity contribution in [1.29, 1.82) is 0 Å². The number of rotatable bonds is 5. The molecule has 1 aromatic carbocycles. The molecule has 0 radical (unpaired) electrons. The minimum Gasteiger partial charge on any atom is -0.330 e. The van der Waals surface area contributed by atoms with Gasteiger partial charge < -0.3 is 11.1 Å². The van der Waals surface area contributed by atoms with E-state index in [1.807, 2.05) is 0 Å². The highest BCUT2D eigenvalue weighted by molar-refractivity contribution is 7.89. The molecule has 0 spiro atoms. The second-order valence-electron chi connectivity index (χ2n) is 5.18. The lowest BCUT2D eigenvalue weighted by atomic mass is 10.1. The third kappa shape index (κ3) is 4.19. The SMILES string of the molecule is CCC(=O)Nc1ccc(S(=O)(=O)N2CCC(CN)C2)cc1.Cl. The van der Waals surface area contributed by atoms with E-state index in [1.165, 1.54) is 16.4 Å². The lowest BCUT2D eigenvalue weighted by Gasteiger charge is -2.16. The second kappa shape index (κ2) is 7.92. The summed E-state index contributed by atoms with van der Waals surface area (Å²) in [6.45, 7) is 3.26. The molecule has 1 aromatic rings. The molecular formula is C14H22ClN3O3S. The van der Waals surface area contributed by atoms with Gasteiger partial charge in [0.05, 0.1) is 4.90 Å².